The van der Waals surface area contributed by atoms with Crippen molar-refractivity contribution in [3.05, 3.63) is 60.2 Å². The minimum absolute atomic E-state index is 0.170. The Bertz CT molecular complexity index is 632. The van der Waals surface area contributed by atoms with Gasteiger partial charge in [0.2, 0.25) is 0 Å². The molecule has 2 aromatic carbocycles. The van der Waals surface area contributed by atoms with Crippen LogP contribution in [0, 0.1) is 0 Å². The molecule has 108 valence electrons. The molecule has 1 unspecified atom stereocenters. The molecule has 2 N–H and O–H groups in total. The Morgan fingerprint density at radius 2 is 1.71 bits per heavy atom. The van der Waals surface area contributed by atoms with E-state index in [1.54, 1.807) is 0 Å². The predicted octanol–water partition coefficient (Wildman–Crippen LogP) is 2.98. The summed E-state index contributed by atoms with van der Waals surface area (Å²) in [5, 5.41) is 6.51. The summed E-state index contributed by atoms with van der Waals surface area (Å²) in [6, 6.07) is 18.9. The molecule has 0 amide bonds. The van der Waals surface area contributed by atoms with Crippen LogP contribution in [0.5, 0.6) is 0 Å². The van der Waals surface area contributed by atoms with Gasteiger partial charge in [-0.05, 0) is 29.8 Å². The van der Waals surface area contributed by atoms with Crippen LogP contribution < -0.4 is 15.6 Å². The van der Waals surface area contributed by atoms with Gasteiger partial charge in [0.1, 0.15) is 5.84 Å². The Hall–Kier alpha value is -2.49. The average molecular weight is 280 g/mol. The summed E-state index contributed by atoms with van der Waals surface area (Å²) >= 11 is 0. The molecule has 21 heavy (non-hydrogen) atoms. The first kappa shape index (κ1) is 13.5. The van der Waals surface area contributed by atoms with Crippen molar-refractivity contribution in [2.75, 3.05) is 24.0 Å². The number of hydrogen-bond donors (Lipinski definition) is 1. The molecule has 1 aliphatic rings. The van der Waals surface area contributed by atoms with E-state index in [2.05, 4.69) is 46.4 Å². The Morgan fingerprint density at radius 3 is 2.33 bits per heavy atom. The van der Waals surface area contributed by atoms with Crippen molar-refractivity contribution in [3.63, 3.8) is 0 Å². The highest BCUT2D eigenvalue weighted by Gasteiger charge is 2.27. The van der Waals surface area contributed by atoms with Crippen molar-refractivity contribution in [3.8, 4) is 0 Å². The van der Waals surface area contributed by atoms with E-state index in [9.17, 15) is 0 Å². The van der Waals surface area contributed by atoms with Gasteiger partial charge in [0.25, 0.3) is 0 Å². The van der Waals surface area contributed by atoms with Crippen LogP contribution in [0.2, 0.25) is 0 Å². The van der Waals surface area contributed by atoms with Gasteiger partial charge in [-0.3, -0.25) is 5.01 Å². The van der Waals surface area contributed by atoms with Crippen LogP contribution in [0.3, 0.4) is 0 Å². The van der Waals surface area contributed by atoms with Crippen molar-refractivity contribution >= 4 is 17.2 Å². The number of nitrogens with zero attached hydrogens (tertiary/aromatic N) is 3. The van der Waals surface area contributed by atoms with Crippen LogP contribution >= 0.6 is 0 Å². The summed E-state index contributed by atoms with van der Waals surface area (Å²) in [6.45, 7) is 0. The molecule has 0 saturated carbocycles. The van der Waals surface area contributed by atoms with Gasteiger partial charge in [-0.2, -0.15) is 5.10 Å². The van der Waals surface area contributed by atoms with Gasteiger partial charge in [0.15, 0.2) is 0 Å². The highest BCUT2D eigenvalue weighted by atomic mass is 15.5. The molecule has 4 nitrogen and oxygen atoms in total. The van der Waals surface area contributed by atoms with E-state index >= 15 is 0 Å². The maximum absolute atomic E-state index is 5.97. The number of nitrogens with two attached hydrogens (primary N) is 1. The summed E-state index contributed by atoms with van der Waals surface area (Å²) in [5.41, 5.74) is 9.46. The Labute approximate surface area is 125 Å². The molecule has 0 fully saturated rings. The molecule has 1 aliphatic heterocycles. The molecule has 0 radical (unpaired) electrons. The van der Waals surface area contributed by atoms with E-state index in [1.807, 2.05) is 37.3 Å². The highest BCUT2D eigenvalue weighted by Crippen LogP contribution is 2.34. The van der Waals surface area contributed by atoms with Crippen LogP contribution in [0.4, 0.5) is 11.4 Å². The minimum atomic E-state index is 0.170. The molecule has 3 rings (SSSR count). The number of anilines is 2. The van der Waals surface area contributed by atoms with Crippen molar-refractivity contribution in [1.82, 2.24) is 0 Å². The zero-order valence-corrected chi connectivity index (χ0v) is 12.4. The average Bonchev–Trinajstić information content (AvgIpc) is 2.90. The van der Waals surface area contributed by atoms with Gasteiger partial charge < -0.3 is 10.6 Å². The molecule has 0 aromatic heterocycles. The molecule has 0 saturated heterocycles. The smallest absolute Gasteiger partial charge is 0.122 e. The summed E-state index contributed by atoms with van der Waals surface area (Å²) in [6.07, 6.45) is 0.760. The van der Waals surface area contributed by atoms with Crippen LogP contribution in [0.25, 0.3) is 0 Å². The van der Waals surface area contributed by atoms with E-state index in [0.29, 0.717) is 5.84 Å². The molecule has 4 heteroatoms. The van der Waals surface area contributed by atoms with Crippen molar-refractivity contribution in [2.24, 2.45) is 10.8 Å². The fraction of sp³-hybridized carbons (Fsp3) is 0.235. The van der Waals surface area contributed by atoms with Gasteiger partial charge in [0.05, 0.1) is 11.7 Å². The lowest BCUT2D eigenvalue weighted by Gasteiger charge is -2.24. The Balaban J connectivity index is 1.90. The quantitative estimate of drug-likeness (QED) is 0.940. The second kappa shape index (κ2) is 5.48. The van der Waals surface area contributed by atoms with Crippen LogP contribution in [-0.4, -0.2) is 19.9 Å². The second-order valence-corrected chi connectivity index (χ2v) is 5.48. The zero-order chi connectivity index (χ0) is 14.8. The third-order valence-corrected chi connectivity index (χ3v) is 3.75. The fourth-order valence-electron chi connectivity index (χ4n) is 2.61. The van der Waals surface area contributed by atoms with Gasteiger partial charge in [-0.1, -0.05) is 30.3 Å². The number of amidine groups is 1. The summed E-state index contributed by atoms with van der Waals surface area (Å²) in [4.78, 5) is 2.10. The standard InChI is InChI=1S/C17H20N4/c1-20(2)14-10-8-13(9-11-14)16-12-17(18)19-21(16)15-6-4-3-5-7-15/h3-11,16H,12H2,1-2H3,(H2,18,19). The van der Waals surface area contributed by atoms with Crippen molar-refractivity contribution in [1.29, 1.82) is 0 Å². The molecular weight excluding hydrogens is 260 g/mol. The van der Waals surface area contributed by atoms with E-state index in [1.165, 1.54) is 11.3 Å². The number of benzene rings is 2. The van der Waals surface area contributed by atoms with Gasteiger partial charge >= 0.3 is 0 Å². The second-order valence-electron chi connectivity index (χ2n) is 5.48. The SMILES string of the molecule is CN(C)c1ccc(C2CC(N)=NN2c2ccccc2)cc1. The first-order valence-corrected chi connectivity index (χ1v) is 7.09. The van der Waals surface area contributed by atoms with E-state index in [0.717, 1.165) is 12.1 Å². The number of para-hydroxylation sites is 1. The maximum atomic E-state index is 5.97. The maximum Gasteiger partial charge on any atom is 0.122 e. The van der Waals surface area contributed by atoms with E-state index in [-0.39, 0.29) is 6.04 Å². The van der Waals surface area contributed by atoms with Gasteiger partial charge in [-0.25, -0.2) is 0 Å². The third kappa shape index (κ3) is 2.70. The number of rotatable bonds is 3. The molecule has 1 atom stereocenters. The Kier molecular flexibility index (Phi) is 3.52. The third-order valence-electron chi connectivity index (χ3n) is 3.75. The Morgan fingerprint density at radius 1 is 1.05 bits per heavy atom. The molecule has 0 spiro atoms. The van der Waals surface area contributed by atoms with Crippen molar-refractivity contribution in [2.45, 2.75) is 12.5 Å². The fourth-order valence-corrected chi connectivity index (χ4v) is 2.61. The lowest BCUT2D eigenvalue weighted by molar-refractivity contribution is 0.708. The molecule has 0 aliphatic carbocycles. The summed E-state index contributed by atoms with van der Waals surface area (Å²) in [5.74, 6) is 0.681. The zero-order valence-electron chi connectivity index (χ0n) is 12.4. The largest absolute Gasteiger partial charge is 0.386 e. The first-order valence-electron chi connectivity index (χ1n) is 7.09. The molecule has 0 bridgehead atoms. The van der Waals surface area contributed by atoms with Crippen LogP contribution in [0.1, 0.15) is 18.0 Å². The normalized spacial score (nSPS) is 17.7. The lowest BCUT2D eigenvalue weighted by Crippen LogP contribution is -2.18. The molecule has 2 aromatic rings. The van der Waals surface area contributed by atoms with Crippen LogP contribution in [-0.2, 0) is 0 Å². The first-order chi connectivity index (χ1) is 10.1. The monoisotopic (exact) mass is 280 g/mol. The highest BCUT2D eigenvalue weighted by molar-refractivity contribution is 5.85. The summed E-state index contributed by atoms with van der Waals surface area (Å²) < 4.78 is 0. The number of hydrazone groups is 1. The van der Waals surface area contributed by atoms with Gasteiger partial charge in [-0.15, -0.1) is 0 Å². The topological polar surface area (TPSA) is 44.9 Å². The lowest BCUT2D eigenvalue weighted by atomic mass is 10.0. The predicted molar refractivity (Wildman–Crippen MR) is 88.7 cm³/mol. The minimum Gasteiger partial charge on any atom is -0.386 e. The van der Waals surface area contributed by atoms with Gasteiger partial charge in [0, 0.05) is 26.2 Å². The van der Waals surface area contributed by atoms with Crippen LogP contribution in [0.15, 0.2) is 59.7 Å². The summed E-state index contributed by atoms with van der Waals surface area (Å²) in [7, 11) is 4.09. The van der Waals surface area contributed by atoms with Crippen molar-refractivity contribution < 1.29 is 0 Å². The molecular formula is C17H20N4. The molecule has 1 heterocycles. The number of hydrogen-bond acceptors (Lipinski definition) is 4. The van der Waals surface area contributed by atoms with E-state index < -0.39 is 0 Å². The van der Waals surface area contributed by atoms with E-state index in [4.69, 9.17) is 5.73 Å².